The van der Waals surface area contributed by atoms with Gasteiger partial charge in [0.2, 0.25) is 0 Å². The number of hydrogen-bond acceptors (Lipinski definition) is 5. The molecule has 5 heteroatoms. The lowest BCUT2D eigenvalue weighted by Crippen LogP contribution is -2.21. The molecule has 0 spiro atoms. The normalized spacial score (nSPS) is 11.9. The van der Waals surface area contributed by atoms with Crippen LogP contribution in [0.4, 0.5) is 5.13 Å². The molecular formula is C15H29N3S2. The minimum atomic E-state index is 0.109. The number of thiazole rings is 1. The zero-order valence-corrected chi connectivity index (χ0v) is 15.4. The van der Waals surface area contributed by atoms with E-state index in [2.05, 4.69) is 51.2 Å². The summed E-state index contributed by atoms with van der Waals surface area (Å²) >= 11 is 3.72. The number of thioether (sulfide) groups is 1. The van der Waals surface area contributed by atoms with Gasteiger partial charge in [0.15, 0.2) is 5.13 Å². The molecule has 0 aliphatic rings. The van der Waals surface area contributed by atoms with E-state index in [4.69, 9.17) is 4.98 Å². The van der Waals surface area contributed by atoms with Crippen molar-refractivity contribution in [2.45, 2.75) is 46.1 Å². The first-order valence-corrected chi connectivity index (χ1v) is 9.52. The SMILES string of the molecule is CCCNCc1sc(N(C)CCSC)nc1C(C)(C)C. The Bertz CT molecular complexity index is 396. The van der Waals surface area contributed by atoms with E-state index in [9.17, 15) is 0 Å². The van der Waals surface area contributed by atoms with Gasteiger partial charge in [-0.1, -0.05) is 27.7 Å². The van der Waals surface area contributed by atoms with Gasteiger partial charge in [-0.05, 0) is 19.2 Å². The van der Waals surface area contributed by atoms with Gasteiger partial charge in [0.1, 0.15) is 0 Å². The quantitative estimate of drug-likeness (QED) is 0.740. The van der Waals surface area contributed by atoms with Gasteiger partial charge in [0.05, 0.1) is 5.69 Å². The molecule has 0 unspecified atom stereocenters. The van der Waals surface area contributed by atoms with Crippen LogP contribution in [0.15, 0.2) is 0 Å². The first kappa shape index (κ1) is 17.8. The fourth-order valence-corrected chi connectivity index (χ4v) is 3.59. The lowest BCUT2D eigenvalue weighted by molar-refractivity contribution is 0.559. The molecule has 1 aromatic heterocycles. The molecule has 1 heterocycles. The molecular weight excluding hydrogens is 286 g/mol. The predicted molar refractivity (Wildman–Crippen MR) is 94.5 cm³/mol. The van der Waals surface area contributed by atoms with Crippen molar-refractivity contribution in [1.29, 1.82) is 0 Å². The van der Waals surface area contributed by atoms with Gasteiger partial charge in [-0.2, -0.15) is 11.8 Å². The van der Waals surface area contributed by atoms with Gasteiger partial charge in [0.25, 0.3) is 0 Å². The largest absolute Gasteiger partial charge is 0.350 e. The Kier molecular flexibility index (Phi) is 7.34. The Hall–Kier alpha value is -0.260. The summed E-state index contributed by atoms with van der Waals surface area (Å²) in [5, 5.41) is 4.66. The molecule has 0 amide bonds. The average molecular weight is 316 g/mol. The minimum absolute atomic E-state index is 0.109. The smallest absolute Gasteiger partial charge is 0.185 e. The molecule has 0 saturated heterocycles. The molecule has 0 fully saturated rings. The van der Waals surface area contributed by atoms with Crippen LogP contribution in [0.5, 0.6) is 0 Å². The summed E-state index contributed by atoms with van der Waals surface area (Å²) in [6.07, 6.45) is 3.32. The molecule has 0 atom stereocenters. The van der Waals surface area contributed by atoms with E-state index in [1.54, 1.807) is 0 Å². The van der Waals surface area contributed by atoms with Crippen LogP contribution >= 0.6 is 23.1 Å². The van der Waals surface area contributed by atoms with Crippen LogP contribution in [0.3, 0.4) is 0 Å². The van der Waals surface area contributed by atoms with Crippen LogP contribution in [0.1, 0.15) is 44.7 Å². The van der Waals surface area contributed by atoms with Gasteiger partial charge in [-0.15, -0.1) is 11.3 Å². The molecule has 1 aromatic rings. The predicted octanol–water partition coefficient (Wildman–Crippen LogP) is 3.74. The Morgan fingerprint density at radius 3 is 2.60 bits per heavy atom. The number of hydrogen-bond donors (Lipinski definition) is 1. The summed E-state index contributed by atoms with van der Waals surface area (Å²) in [5.41, 5.74) is 1.36. The van der Waals surface area contributed by atoms with Crippen molar-refractivity contribution in [2.24, 2.45) is 0 Å². The molecule has 1 N–H and O–H groups in total. The van der Waals surface area contributed by atoms with Crippen LogP contribution in [-0.2, 0) is 12.0 Å². The van der Waals surface area contributed by atoms with Crippen LogP contribution < -0.4 is 10.2 Å². The molecule has 20 heavy (non-hydrogen) atoms. The van der Waals surface area contributed by atoms with Crippen molar-refractivity contribution in [2.75, 3.05) is 37.0 Å². The van der Waals surface area contributed by atoms with Gasteiger partial charge < -0.3 is 10.2 Å². The number of nitrogens with zero attached hydrogens (tertiary/aromatic N) is 2. The molecule has 0 aliphatic heterocycles. The van der Waals surface area contributed by atoms with E-state index in [-0.39, 0.29) is 5.41 Å². The Morgan fingerprint density at radius 1 is 1.35 bits per heavy atom. The standard InChI is InChI=1S/C15H29N3S2/c1-7-8-16-11-12-13(15(2,3)4)17-14(20-12)18(5)9-10-19-6/h16H,7-11H2,1-6H3. The minimum Gasteiger partial charge on any atom is -0.350 e. The average Bonchev–Trinajstić information content (AvgIpc) is 2.80. The second-order valence-electron chi connectivity index (χ2n) is 6.11. The summed E-state index contributed by atoms with van der Waals surface area (Å²) in [6, 6.07) is 0. The van der Waals surface area contributed by atoms with E-state index in [1.807, 2.05) is 23.1 Å². The van der Waals surface area contributed by atoms with Crippen molar-refractivity contribution in [1.82, 2.24) is 10.3 Å². The van der Waals surface area contributed by atoms with Gasteiger partial charge >= 0.3 is 0 Å². The zero-order valence-electron chi connectivity index (χ0n) is 13.7. The summed E-state index contributed by atoms with van der Waals surface area (Å²) < 4.78 is 0. The molecule has 116 valence electrons. The van der Waals surface area contributed by atoms with Crippen LogP contribution in [0.2, 0.25) is 0 Å². The van der Waals surface area contributed by atoms with E-state index in [1.165, 1.54) is 17.0 Å². The molecule has 3 nitrogen and oxygen atoms in total. The highest BCUT2D eigenvalue weighted by atomic mass is 32.2. The number of rotatable bonds is 8. The molecule has 0 radical (unpaired) electrons. The third-order valence-electron chi connectivity index (χ3n) is 3.07. The highest BCUT2D eigenvalue weighted by molar-refractivity contribution is 7.98. The van der Waals surface area contributed by atoms with Crippen molar-refractivity contribution < 1.29 is 0 Å². The highest BCUT2D eigenvalue weighted by Gasteiger charge is 2.24. The summed E-state index contributed by atoms with van der Waals surface area (Å²) in [6.45, 7) is 12.0. The van der Waals surface area contributed by atoms with Crippen molar-refractivity contribution in [3.63, 3.8) is 0 Å². The lowest BCUT2D eigenvalue weighted by Gasteiger charge is -2.18. The lowest BCUT2D eigenvalue weighted by atomic mass is 9.91. The van der Waals surface area contributed by atoms with Crippen molar-refractivity contribution >= 4 is 28.2 Å². The number of aromatic nitrogens is 1. The summed E-state index contributed by atoms with van der Waals surface area (Å²) in [4.78, 5) is 8.57. The van der Waals surface area contributed by atoms with E-state index >= 15 is 0 Å². The molecule has 0 saturated carbocycles. The van der Waals surface area contributed by atoms with Crippen molar-refractivity contribution in [3.05, 3.63) is 10.6 Å². The topological polar surface area (TPSA) is 28.2 Å². The van der Waals surface area contributed by atoms with E-state index in [0.717, 1.165) is 30.5 Å². The second-order valence-corrected chi connectivity index (χ2v) is 8.16. The number of anilines is 1. The van der Waals surface area contributed by atoms with Crippen LogP contribution in [-0.4, -0.2) is 37.1 Å². The van der Waals surface area contributed by atoms with Crippen LogP contribution in [0, 0.1) is 0 Å². The summed E-state index contributed by atoms with van der Waals surface area (Å²) in [7, 11) is 2.14. The third kappa shape index (κ3) is 5.26. The number of nitrogens with one attached hydrogen (secondary N) is 1. The Labute approximate surface area is 132 Å². The highest BCUT2D eigenvalue weighted by Crippen LogP contribution is 2.33. The monoisotopic (exact) mass is 315 g/mol. The Balaban J connectivity index is 2.87. The van der Waals surface area contributed by atoms with Crippen LogP contribution in [0.25, 0.3) is 0 Å². The fourth-order valence-electron chi connectivity index (χ4n) is 1.91. The first-order chi connectivity index (χ1) is 9.40. The zero-order chi connectivity index (χ0) is 15.2. The third-order valence-corrected chi connectivity index (χ3v) is 4.83. The first-order valence-electron chi connectivity index (χ1n) is 7.31. The van der Waals surface area contributed by atoms with Gasteiger partial charge in [-0.3, -0.25) is 0 Å². The van der Waals surface area contributed by atoms with E-state index in [0.29, 0.717) is 0 Å². The van der Waals surface area contributed by atoms with Gasteiger partial charge in [-0.25, -0.2) is 4.98 Å². The molecule has 0 aliphatic carbocycles. The maximum atomic E-state index is 4.91. The van der Waals surface area contributed by atoms with Gasteiger partial charge in [0, 0.05) is 36.2 Å². The van der Waals surface area contributed by atoms with Crippen molar-refractivity contribution in [3.8, 4) is 0 Å². The van der Waals surface area contributed by atoms with E-state index < -0.39 is 0 Å². The molecule has 1 rings (SSSR count). The summed E-state index contributed by atoms with van der Waals surface area (Å²) in [5.74, 6) is 1.14. The fraction of sp³-hybridized carbons (Fsp3) is 0.800. The molecule has 0 bridgehead atoms. The second kappa shape index (κ2) is 8.25. The Morgan fingerprint density at radius 2 is 2.05 bits per heavy atom. The maximum absolute atomic E-state index is 4.91. The maximum Gasteiger partial charge on any atom is 0.185 e. The molecule has 0 aromatic carbocycles.